The van der Waals surface area contributed by atoms with Gasteiger partial charge in [0.15, 0.2) is 0 Å². The molecule has 0 spiro atoms. The van der Waals surface area contributed by atoms with Crippen molar-refractivity contribution in [2.75, 3.05) is 58.2 Å². The molecule has 2 aliphatic rings. The second kappa shape index (κ2) is 14.5. The number of nitrogens with zero attached hydrogens (tertiary/aromatic N) is 4. The van der Waals surface area contributed by atoms with Crippen molar-refractivity contribution in [3.05, 3.63) is 41.3 Å². The average Bonchev–Trinajstić information content (AvgIpc) is 2.89. The fraction of sp³-hybridized carbons (Fsp3) is 0.615. The van der Waals surface area contributed by atoms with Crippen molar-refractivity contribution in [1.29, 1.82) is 0 Å². The number of halogens is 1. The number of nitrogens with two attached hydrogens (primary N) is 1. The van der Waals surface area contributed by atoms with Crippen molar-refractivity contribution in [1.82, 2.24) is 19.8 Å². The molecule has 0 bridgehead atoms. The van der Waals surface area contributed by atoms with Gasteiger partial charge in [-0.25, -0.2) is 9.97 Å². The fourth-order valence-corrected chi connectivity index (χ4v) is 4.53. The number of hydrogen-bond donors (Lipinski definition) is 1. The van der Waals surface area contributed by atoms with Crippen LogP contribution in [0, 0.1) is 11.8 Å². The van der Waals surface area contributed by atoms with E-state index in [9.17, 15) is 0 Å². The Labute approximate surface area is 213 Å². The molecular formula is C26H40BrN5O2. The van der Waals surface area contributed by atoms with Gasteiger partial charge in [-0.15, -0.1) is 0 Å². The van der Waals surface area contributed by atoms with Crippen LogP contribution >= 0.6 is 15.9 Å². The minimum atomic E-state index is 0.536. The first kappa shape index (κ1) is 26.7. The Morgan fingerprint density at radius 1 is 0.794 bits per heavy atom. The van der Waals surface area contributed by atoms with E-state index >= 15 is 0 Å². The number of hydrogen-bond acceptors (Lipinski definition) is 7. The molecule has 4 heterocycles. The maximum absolute atomic E-state index is 5.77. The Bertz CT molecular complexity index is 735. The Morgan fingerprint density at radius 2 is 1.26 bits per heavy atom. The molecule has 0 unspecified atom stereocenters. The molecule has 0 radical (unpaired) electrons. The number of aromatic nitrogens is 2. The Hall–Kier alpha value is -1.90. The Morgan fingerprint density at radius 3 is 1.65 bits per heavy atom. The van der Waals surface area contributed by atoms with Gasteiger partial charge in [-0.05, 0) is 117 Å². The molecule has 0 aliphatic carbocycles. The van der Waals surface area contributed by atoms with Crippen molar-refractivity contribution in [2.45, 2.75) is 39.5 Å². The highest BCUT2D eigenvalue weighted by Gasteiger charge is 2.19. The highest BCUT2D eigenvalue weighted by molar-refractivity contribution is 9.10. The summed E-state index contributed by atoms with van der Waals surface area (Å²) in [6.45, 7) is 13.2. The van der Waals surface area contributed by atoms with Gasteiger partial charge >= 0.3 is 0 Å². The smallest absolute Gasteiger partial charge is 0.137 e. The molecular weight excluding hydrogens is 494 g/mol. The summed E-state index contributed by atoms with van der Waals surface area (Å²) in [4.78, 5) is 13.1. The van der Waals surface area contributed by atoms with Gasteiger partial charge in [0.25, 0.3) is 0 Å². The monoisotopic (exact) mass is 533 g/mol. The average molecular weight is 535 g/mol. The van der Waals surface area contributed by atoms with Gasteiger partial charge in [0.2, 0.25) is 0 Å². The summed E-state index contributed by atoms with van der Waals surface area (Å²) in [6, 6.07) is 7.52. The minimum Gasteiger partial charge on any atom is -0.492 e. The van der Waals surface area contributed by atoms with Crippen LogP contribution in [0.4, 0.5) is 5.82 Å². The van der Waals surface area contributed by atoms with E-state index in [-0.39, 0.29) is 0 Å². The zero-order valence-electron chi connectivity index (χ0n) is 20.7. The number of rotatable bonds is 8. The van der Waals surface area contributed by atoms with E-state index in [1.54, 1.807) is 18.5 Å². The summed E-state index contributed by atoms with van der Waals surface area (Å²) in [6.07, 6.45) is 8.42. The van der Waals surface area contributed by atoms with Crippen LogP contribution in [0.2, 0.25) is 0 Å². The molecule has 7 nitrogen and oxygen atoms in total. The van der Waals surface area contributed by atoms with Crippen molar-refractivity contribution >= 4 is 21.7 Å². The molecule has 8 heteroatoms. The predicted octanol–water partition coefficient (Wildman–Crippen LogP) is 4.73. The van der Waals surface area contributed by atoms with Gasteiger partial charge in [0, 0.05) is 0 Å². The van der Waals surface area contributed by atoms with Gasteiger partial charge in [-0.3, -0.25) is 0 Å². The predicted molar refractivity (Wildman–Crippen MR) is 141 cm³/mol. The molecule has 0 saturated carbocycles. The maximum atomic E-state index is 5.77. The van der Waals surface area contributed by atoms with Crippen LogP contribution in [-0.4, -0.2) is 72.3 Å². The summed E-state index contributed by atoms with van der Waals surface area (Å²) in [7, 11) is 0. The molecule has 34 heavy (non-hydrogen) atoms. The van der Waals surface area contributed by atoms with Crippen LogP contribution in [0.5, 0.6) is 11.5 Å². The number of pyridine rings is 2. The summed E-state index contributed by atoms with van der Waals surface area (Å²) < 4.78 is 12.3. The molecule has 2 aliphatic heterocycles. The van der Waals surface area contributed by atoms with Gasteiger partial charge in [-0.2, -0.15) is 0 Å². The zero-order valence-corrected chi connectivity index (χ0v) is 22.3. The maximum Gasteiger partial charge on any atom is 0.137 e. The van der Waals surface area contributed by atoms with Gasteiger partial charge in [-0.1, -0.05) is 13.8 Å². The summed E-state index contributed by atoms with van der Waals surface area (Å²) >= 11 is 3.32. The molecule has 0 aromatic carbocycles. The lowest BCUT2D eigenvalue weighted by atomic mass is 9.98. The first-order valence-corrected chi connectivity index (χ1v) is 13.4. The second-order valence-electron chi connectivity index (χ2n) is 9.11. The largest absolute Gasteiger partial charge is 0.492 e. The van der Waals surface area contributed by atoms with Crippen LogP contribution in [0.3, 0.4) is 0 Å². The summed E-state index contributed by atoms with van der Waals surface area (Å²) in [5, 5.41) is 0. The normalized spacial score (nSPS) is 18.2. The van der Waals surface area contributed by atoms with Crippen molar-refractivity contribution in [2.24, 2.45) is 11.8 Å². The third kappa shape index (κ3) is 9.39. The van der Waals surface area contributed by atoms with E-state index < -0.39 is 0 Å². The van der Waals surface area contributed by atoms with Crippen LogP contribution in [0.25, 0.3) is 0 Å². The number of nitrogen functional groups attached to an aromatic ring is 1. The third-order valence-corrected chi connectivity index (χ3v) is 7.21. The van der Waals surface area contributed by atoms with Crippen molar-refractivity contribution < 1.29 is 9.47 Å². The van der Waals surface area contributed by atoms with E-state index in [2.05, 4.69) is 49.5 Å². The zero-order chi connectivity index (χ0) is 24.2. The standard InChI is InChI=1S/C13H19BrN2O.C13H21N3O/c2*1-2-16-7-5-11(6-8-16)10-17-12-3-4-13(14)15-9-12/h3-4,9,11H,2,5-8,10H2,1H3;3-4,9,11H,2,5-8,10H2,1H3,(H2,14,15). The second-order valence-corrected chi connectivity index (χ2v) is 9.93. The minimum absolute atomic E-state index is 0.536. The van der Waals surface area contributed by atoms with E-state index in [1.165, 1.54) is 58.4 Å². The van der Waals surface area contributed by atoms with Crippen LogP contribution < -0.4 is 15.2 Å². The SMILES string of the molecule is CCN1CCC(COc2ccc(Br)nc2)CC1.CCN1CCC(COc2ccc(N)nc2)CC1. The van der Waals surface area contributed by atoms with Crippen molar-refractivity contribution in [3.63, 3.8) is 0 Å². The van der Waals surface area contributed by atoms with E-state index in [0.29, 0.717) is 17.7 Å². The van der Waals surface area contributed by atoms with E-state index in [0.717, 1.165) is 35.9 Å². The molecule has 2 fully saturated rings. The van der Waals surface area contributed by atoms with Crippen LogP contribution in [0.15, 0.2) is 41.3 Å². The highest BCUT2D eigenvalue weighted by Crippen LogP contribution is 2.20. The lowest BCUT2D eigenvalue weighted by Gasteiger charge is -2.30. The lowest BCUT2D eigenvalue weighted by Crippen LogP contribution is -2.35. The third-order valence-electron chi connectivity index (χ3n) is 6.74. The van der Waals surface area contributed by atoms with Gasteiger partial charge in [0.1, 0.15) is 21.9 Å². The lowest BCUT2D eigenvalue weighted by molar-refractivity contribution is 0.145. The number of anilines is 1. The van der Waals surface area contributed by atoms with Crippen LogP contribution in [0.1, 0.15) is 39.5 Å². The molecule has 4 rings (SSSR count). The number of ether oxygens (including phenoxy) is 2. The van der Waals surface area contributed by atoms with Gasteiger partial charge in [0.05, 0.1) is 25.6 Å². The number of piperidine rings is 2. The summed E-state index contributed by atoms with van der Waals surface area (Å²) in [5.41, 5.74) is 5.52. The molecule has 2 aromatic rings. The first-order chi connectivity index (χ1) is 16.6. The molecule has 0 amide bonds. The quantitative estimate of drug-likeness (QED) is 0.491. The first-order valence-electron chi connectivity index (χ1n) is 12.6. The van der Waals surface area contributed by atoms with E-state index in [1.807, 2.05) is 18.2 Å². The molecule has 2 aromatic heterocycles. The highest BCUT2D eigenvalue weighted by atomic mass is 79.9. The Balaban J connectivity index is 0.000000191. The van der Waals surface area contributed by atoms with Crippen LogP contribution in [-0.2, 0) is 0 Å². The number of likely N-dealkylation sites (tertiary alicyclic amines) is 2. The molecule has 188 valence electrons. The molecule has 0 atom stereocenters. The fourth-order valence-electron chi connectivity index (χ4n) is 4.29. The van der Waals surface area contributed by atoms with E-state index in [4.69, 9.17) is 15.2 Å². The van der Waals surface area contributed by atoms with Gasteiger partial charge < -0.3 is 25.0 Å². The molecule has 2 N–H and O–H groups in total. The Kier molecular flexibility index (Phi) is 11.4. The van der Waals surface area contributed by atoms with Crippen molar-refractivity contribution in [3.8, 4) is 11.5 Å². The molecule has 2 saturated heterocycles. The topological polar surface area (TPSA) is 76.7 Å². The summed E-state index contributed by atoms with van der Waals surface area (Å²) in [5.74, 6) is 3.59.